The van der Waals surface area contributed by atoms with E-state index in [4.69, 9.17) is 4.74 Å². The Bertz CT molecular complexity index is 231. The van der Waals surface area contributed by atoms with Crippen LogP contribution < -0.4 is 0 Å². The number of rotatable bonds is 2. The molecule has 0 aromatic carbocycles. The Morgan fingerprint density at radius 2 is 2.08 bits per heavy atom. The minimum atomic E-state index is 0.627. The molecule has 0 heterocycles. The number of hydrogen-bond acceptors (Lipinski definition) is 1. The summed E-state index contributed by atoms with van der Waals surface area (Å²) in [6, 6.07) is 0. The van der Waals surface area contributed by atoms with Crippen LogP contribution in [0.3, 0.4) is 0 Å². The average molecular weight is 164 g/mol. The second-order valence-corrected chi connectivity index (χ2v) is 3.28. The van der Waals surface area contributed by atoms with Crippen molar-refractivity contribution < 1.29 is 4.74 Å². The quantitative estimate of drug-likeness (QED) is 0.609. The molecule has 0 saturated carbocycles. The van der Waals surface area contributed by atoms with Crippen molar-refractivity contribution in [2.24, 2.45) is 5.92 Å². The fourth-order valence-electron chi connectivity index (χ4n) is 1.19. The highest BCUT2D eigenvalue weighted by atomic mass is 16.5. The van der Waals surface area contributed by atoms with Gasteiger partial charge in [0.25, 0.3) is 0 Å². The van der Waals surface area contributed by atoms with Crippen LogP contribution >= 0.6 is 0 Å². The van der Waals surface area contributed by atoms with Gasteiger partial charge in [0.05, 0.1) is 7.11 Å². The summed E-state index contributed by atoms with van der Waals surface area (Å²) in [5.41, 5.74) is 1.46. The lowest BCUT2D eigenvalue weighted by Crippen LogP contribution is -1.90. The van der Waals surface area contributed by atoms with Crippen molar-refractivity contribution >= 4 is 0 Å². The minimum absolute atomic E-state index is 0.627. The van der Waals surface area contributed by atoms with Crippen LogP contribution in [0, 0.1) is 5.92 Å². The lowest BCUT2D eigenvalue weighted by Gasteiger charge is -2.05. The summed E-state index contributed by atoms with van der Waals surface area (Å²) in [4.78, 5) is 0. The van der Waals surface area contributed by atoms with Gasteiger partial charge in [-0.25, -0.2) is 0 Å². The van der Waals surface area contributed by atoms with Crippen molar-refractivity contribution in [2.75, 3.05) is 7.11 Å². The Hall–Kier alpha value is -0.980. The SMILES string of the molecule is COC1=CC=C(C(C)C)CC=C1. The zero-order chi connectivity index (χ0) is 8.97. The standard InChI is InChI=1S/C11H16O/c1-9(2)10-5-4-6-11(12-3)8-7-10/h4,6-9H,5H2,1-3H3. The first-order valence-corrected chi connectivity index (χ1v) is 4.35. The molecule has 0 unspecified atom stereocenters. The fourth-order valence-corrected chi connectivity index (χ4v) is 1.19. The Morgan fingerprint density at radius 1 is 1.33 bits per heavy atom. The van der Waals surface area contributed by atoms with E-state index in [1.807, 2.05) is 12.2 Å². The van der Waals surface area contributed by atoms with E-state index in [1.165, 1.54) is 5.57 Å². The van der Waals surface area contributed by atoms with Crippen molar-refractivity contribution in [1.29, 1.82) is 0 Å². The van der Waals surface area contributed by atoms with Crippen LogP contribution in [0.25, 0.3) is 0 Å². The van der Waals surface area contributed by atoms with E-state index in [2.05, 4.69) is 26.0 Å². The van der Waals surface area contributed by atoms with E-state index in [1.54, 1.807) is 7.11 Å². The molecule has 0 fully saturated rings. The molecular weight excluding hydrogens is 148 g/mol. The number of hydrogen-bond donors (Lipinski definition) is 0. The van der Waals surface area contributed by atoms with Crippen molar-refractivity contribution in [3.8, 4) is 0 Å². The van der Waals surface area contributed by atoms with E-state index in [0.717, 1.165) is 12.2 Å². The first-order chi connectivity index (χ1) is 5.74. The molecule has 1 aliphatic carbocycles. The molecule has 0 aromatic heterocycles. The second kappa shape index (κ2) is 4.15. The fraction of sp³-hybridized carbons (Fsp3) is 0.455. The molecule has 0 N–H and O–H groups in total. The van der Waals surface area contributed by atoms with Gasteiger partial charge >= 0.3 is 0 Å². The molecule has 0 aromatic rings. The summed E-state index contributed by atoms with van der Waals surface area (Å²) >= 11 is 0. The Balaban J connectivity index is 2.77. The van der Waals surface area contributed by atoms with Gasteiger partial charge in [-0.2, -0.15) is 0 Å². The van der Waals surface area contributed by atoms with Crippen LogP contribution in [0.1, 0.15) is 20.3 Å². The summed E-state index contributed by atoms with van der Waals surface area (Å²) in [6.45, 7) is 4.43. The zero-order valence-electron chi connectivity index (χ0n) is 8.00. The maximum Gasteiger partial charge on any atom is 0.118 e. The van der Waals surface area contributed by atoms with Crippen LogP contribution in [0.4, 0.5) is 0 Å². The number of allylic oxidation sites excluding steroid dienone is 5. The first kappa shape index (κ1) is 9.11. The molecule has 0 aliphatic heterocycles. The Morgan fingerprint density at radius 3 is 2.67 bits per heavy atom. The summed E-state index contributed by atoms with van der Waals surface area (Å²) in [5.74, 6) is 1.56. The largest absolute Gasteiger partial charge is 0.497 e. The van der Waals surface area contributed by atoms with Gasteiger partial charge in [-0.1, -0.05) is 31.6 Å². The summed E-state index contributed by atoms with van der Waals surface area (Å²) < 4.78 is 5.13. The highest BCUT2D eigenvalue weighted by Gasteiger charge is 2.02. The molecular formula is C11H16O. The normalized spacial score (nSPS) is 17.0. The van der Waals surface area contributed by atoms with E-state index in [0.29, 0.717) is 5.92 Å². The highest BCUT2D eigenvalue weighted by Crippen LogP contribution is 2.18. The Kier molecular flexibility index (Phi) is 3.15. The van der Waals surface area contributed by atoms with Crippen LogP contribution in [0.5, 0.6) is 0 Å². The molecule has 66 valence electrons. The summed E-state index contributed by atoms with van der Waals surface area (Å²) in [7, 11) is 1.70. The third kappa shape index (κ3) is 2.26. The van der Waals surface area contributed by atoms with Gasteiger partial charge in [0, 0.05) is 0 Å². The highest BCUT2D eigenvalue weighted by molar-refractivity contribution is 5.28. The van der Waals surface area contributed by atoms with Gasteiger partial charge in [0.1, 0.15) is 5.76 Å². The molecule has 1 heteroatoms. The topological polar surface area (TPSA) is 9.23 Å². The molecule has 1 aliphatic rings. The predicted octanol–water partition coefficient (Wildman–Crippen LogP) is 3.06. The van der Waals surface area contributed by atoms with Gasteiger partial charge < -0.3 is 4.74 Å². The monoisotopic (exact) mass is 164 g/mol. The van der Waals surface area contributed by atoms with Gasteiger partial charge in [-0.15, -0.1) is 0 Å². The van der Waals surface area contributed by atoms with Crippen LogP contribution in [0.2, 0.25) is 0 Å². The van der Waals surface area contributed by atoms with Crippen molar-refractivity contribution in [3.05, 3.63) is 35.6 Å². The van der Waals surface area contributed by atoms with E-state index in [-0.39, 0.29) is 0 Å². The van der Waals surface area contributed by atoms with Gasteiger partial charge in [-0.05, 0) is 24.5 Å². The van der Waals surface area contributed by atoms with Crippen molar-refractivity contribution in [3.63, 3.8) is 0 Å². The van der Waals surface area contributed by atoms with Gasteiger partial charge in [-0.3, -0.25) is 0 Å². The molecule has 0 radical (unpaired) electrons. The summed E-state index contributed by atoms with van der Waals surface area (Å²) in [6.07, 6.45) is 9.39. The molecule has 0 spiro atoms. The molecule has 0 atom stereocenters. The molecule has 0 saturated heterocycles. The molecule has 12 heavy (non-hydrogen) atoms. The predicted molar refractivity (Wildman–Crippen MR) is 51.8 cm³/mol. The average Bonchev–Trinajstić information content (AvgIpc) is 2.28. The lowest BCUT2D eigenvalue weighted by atomic mass is 10.0. The molecule has 0 bridgehead atoms. The van der Waals surface area contributed by atoms with Crippen LogP contribution in [-0.2, 0) is 4.74 Å². The third-order valence-electron chi connectivity index (χ3n) is 2.07. The smallest absolute Gasteiger partial charge is 0.118 e. The zero-order valence-corrected chi connectivity index (χ0v) is 8.00. The first-order valence-electron chi connectivity index (χ1n) is 4.35. The number of ether oxygens (including phenoxy) is 1. The van der Waals surface area contributed by atoms with Crippen molar-refractivity contribution in [1.82, 2.24) is 0 Å². The minimum Gasteiger partial charge on any atom is -0.497 e. The third-order valence-corrected chi connectivity index (χ3v) is 2.07. The van der Waals surface area contributed by atoms with Gasteiger partial charge in [0.2, 0.25) is 0 Å². The second-order valence-electron chi connectivity index (χ2n) is 3.28. The molecule has 1 rings (SSSR count). The van der Waals surface area contributed by atoms with E-state index < -0.39 is 0 Å². The number of methoxy groups -OCH3 is 1. The summed E-state index contributed by atoms with van der Waals surface area (Å²) in [5, 5.41) is 0. The van der Waals surface area contributed by atoms with E-state index >= 15 is 0 Å². The maximum absolute atomic E-state index is 5.13. The molecule has 1 nitrogen and oxygen atoms in total. The van der Waals surface area contributed by atoms with E-state index in [9.17, 15) is 0 Å². The Labute approximate surface area is 74.4 Å². The maximum atomic E-state index is 5.13. The van der Waals surface area contributed by atoms with Crippen LogP contribution in [-0.4, -0.2) is 7.11 Å². The van der Waals surface area contributed by atoms with Gasteiger partial charge in [0.15, 0.2) is 0 Å². The molecule has 0 amide bonds. The van der Waals surface area contributed by atoms with Crippen LogP contribution in [0.15, 0.2) is 35.6 Å². The lowest BCUT2D eigenvalue weighted by molar-refractivity contribution is 0.307. The van der Waals surface area contributed by atoms with Crippen molar-refractivity contribution in [2.45, 2.75) is 20.3 Å².